The van der Waals surface area contributed by atoms with Crippen LogP contribution in [0.25, 0.3) is 0 Å². The van der Waals surface area contributed by atoms with E-state index in [9.17, 15) is 8.42 Å². The number of hydrogen-bond acceptors (Lipinski definition) is 4. The second kappa shape index (κ2) is 13.1. The van der Waals surface area contributed by atoms with Crippen LogP contribution in [0, 0.1) is 0 Å². The lowest BCUT2D eigenvalue weighted by Crippen LogP contribution is -2.37. The average molecular weight is 482 g/mol. The number of guanidine groups is 1. The first-order chi connectivity index (χ1) is 11.5. The van der Waals surface area contributed by atoms with Gasteiger partial charge in [0.25, 0.3) is 0 Å². The molecule has 1 aromatic rings. The molecule has 0 amide bonds. The molecule has 1 aromatic carbocycles. The van der Waals surface area contributed by atoms with Crippen LogP contribution in [0.4, 0.5) is 0 Å². The maximum atomic E-state index is 12.2. The van der Waals surface area contributed by atoms with Gasteiger partial charge in [-0.1, -0.05) is 18.2 Å². The van der Waals surface area contributed by atoms with Crippen molar-refractivity contribution in [3.05, 3.63) is 42.5 Å². The third kappa shape index (κ3) is 9.19. The number of halogens is 1. The van der Waals surface area contributed by atoms with E-state index in [1.54, 1.807) is 24.3 Å². The number of sulfonamides is 1. The highest BCUT2D eigenvalue weighted by molar-refractivity contribution is 14.0. The van der Waals surface area contributed by atoms with Crippen molar-refractivity contribution >= 4 is 40.0 Å². The van der Waals surface area contributed by atoms with Crippen LogP contribution in [0.15, 0.2) is 46.8 Å². The smallest absolute Gasteiger partial charge is 0.240 e. The van der Waals surface area contributed by atoms with Crippen molar-refractivity contribution in [2.45, 2.75) is 18.4 Å². The third-order valence-electron chi connectivity index (χ3n) is 2.98. The van der Waals surface area contributed by atoms with Crippen LogP contribution in [0.5, 0.6) is 0 Å². The summed E-state index contributed by atoms with van der Waals surface area (Å²) in [5.41, 5.74) is 0.806. The first kappa shape index (κ1) is 23.8. The molecular weight excluding hydrogens is 455 g/mol. The molecule has 7 nitrogen and oxygen atoms in total. The number of methoxy groups -OCH3 is 1. The Labute approximate surface area is 167 Å². The highest BCUT2D eigenvalue weighted by Gasteiger charge is 2.13. The molecule has 0 aliphatic rings. The van der Waals surface area contributed by atoms with Crippen molar-refractivity contribution in [2.24, 2.45) is 4.99 Å². The Hall–Kier alpha value is -1.17. The summed E-state index contributed by atoms with van der Waals surface area (Å²) in [6.45, 7) is 7.89. The Bertz CT molecular complexity index is 651. The summed E-state index contributed by atoms with van der Waals surface area (Å²) in [5.74, 6) is 0.656. The van der Waals surface area contributed by atoms with Crippen LogP contribution in [-0.2, 0) is 21.3 Å². The van der Waals surface area contributed by atoms with E-state index in [0.29, 0.717) is 25.7 Å². The van der Waals surface area contributed by atoms with E-state index in [0.717, 1.165) is 12.1 Å². The van der Waals surface area contributed by atoms with E-state index in [1.165, 1.54) is 7.11 Å². The molecule has 142 valence electrons. The van der Waals surface area contributed by atoms with Gasteiger partial charge in [0.1, 0.15) is 0 Å². The molecule has 25 heavy (non-hydrogen) atoms. The zero-order valence-electron chi connectivity index (χ0n) is 14.6. The predicted octanol–water partition coefficient (Wildman–Crippen LogP) is 1.47. The van der Waals surface area contributed by atoms with Crippen molar-refractivity contribution < 1.29 is 13.2 Å². The summed E-state index contributed by atoms with van der Waals surface area (Å²) < 4.78 is 31.7. The first-order valence-electron chi connectivity index (χ1n) is 7.74. The van der Waals surface area contributed by atoms with Gasteiger partial charge in [-0.05, 0) is 24.6 Å². The van der Waals surface area contributed by atoms with Crippen LogP contribution in [0.3, 0.4) is 0 Å². The van der Waals surface area contributed by atoms with Crippen LogP contribution >= 0.6 is 24.0 Å². The minimum absolute atomic E-state index is 0. The van der Waals surface area contributed by atoms with Crippen molar-refractivity contribution in [3.63, 3.8) is 0 Å². The molecule has 1 rings (SSSR count). The Morgan fingerprint density at radius 1 is 1.36 bits per heavy atom. The van der Waals surface area contributed by atoms with E-state index in [2.05, 4.69) is 26.9 Å². The molecule has 0 atom stereocenters. The average Bonchev–Trinajstić information content (AvgIpc) is 2.58. The fraction of sp³-hybridized carbons (Fsp3) is 0.438. The van der Waals surface area contributed by atoms with Crippen LogP contribution < -0.4 is 15.4 Å². The second-order valence-corrected chi connectivity index (χ2v) is 6.67. The maximum Gasteiger partial charge on any atom is 0.240 e. The second-order valence-electron chi connectivity index (χ2n) is 4.90. The zero-order chi connectivity index (χ0) is 17.8. The van der Waals surface area contributed by atoms with E-state index in [4.69, 9.17) is 4.74 Å². The summed E-state index contributed by atoms with van der Waals surface area (Å²) in [4.78, 5) is 4.65. The van der Waals surface area contributed by atoms with Gasteiger partial charge in [0.15, 0.2) is 5.96 Å². The third-order valence-corrected chi connectivity index (χ3v) is 4.44. The summed E-state index contributed by atoms with van der Waals surface area (Å²) in [6.07, 6.45) is 1.74. The van der Waals surface area contributed by atoms with E-state index < -0.39 is 10.0 Å². The monoisotopic (exact) mass is 482 g/mol. The van der Waals surface area contributed by atoms with Gasteiger partial charge in [0.2, 0.25) is 10.0 Å². The summed E-state index contributed by atoms with van der Waals surface area (Å²) in [6, 6.07) is 6.73. The molecule has 0 aliphatic heterocycles. The standard InChI is InChI=1S/C16H26N4O3S.HI/c1-4-9-18-16(17-5-2)19-13-14-7-6-8-15(12-14)24(21,22)20-10-11-23-3;/h4,6-8,12,20H,1,5,9-11,13H2,2-3H3,(H2,17,18,19);1H. The molecule has 0 aromatic heterocycles. The van der Waals surface area contributed by atoms with E-state index in [-0.39, 0.29) is 35.4 Å². The minimum Gasteiger partial charge on any atom is -0.383 e. The van der Waals surface area contributed by atoms with Gasteiger partial charge in [0.05, 0.1) is 18.0 Å². The molecule has 0 bridgehead atoms. The molecule has 0 heterocycles. The van der Waals surface area contributed by atoms with E-state index >= 15 is 0 Å². The molecule has 0 fully saturated rings. The number of ether oxygens (including phenoxy) is 1. The normalized spacial score (nSPS) is 11.5. The van der Waals surface area contributed by atoms with Gasteiger partial charge in [0, 0.05) is 26.7 Å². The lowest BCUT2D eigenvalue weighted by Gasteiger charge is -2.10. The van der Waals surface area contributed by atoms with Gasteiger partial charge < -0.3 is 15.4 Å². The SMILES string of the molecule is C=CCNC(=NCc1cccc(S(=O)(=O)NCCOC)c1)NCC.I. The lowest BCUT2D eigenvalue weighted by atomic mass is 10.2. The predicted molar refractivity (Wildman–Crippen MR) is 112 cm³/mol. The Balaban J connectivity index is 0.00000576. The topological polar surface area (TPSA) is 91.8 Å². The number of nitrogens with one attached hydrogen (secondary N) is 3. The highest BCUT2D eigenvalue weighted by Crippen LogP contribution is 2.12. The Morgan fingerprint density at radius 3 is 2.76 bits per heavy atom. The lowest BCUT2D eigenvalue weighted by molar-refractivity contribution is 0.204. The number of rotatable bonds is 10. The zero-order valence-corrected chi connectivity index (χ0v) is 17.8. The van der Waals surface area contributed by atoms with Crippen LogP contribution in [0.2, 0.25) is 0 Å². The van der Waals surface area contributed by atoms with Crippen molar-refractivity contribution in [2.75, 3.05) is 33.4 Å². The van der Waals surface area contributed by atoms with Gasteiger partial charge in [-0.3, -0.25) is 0 Å². The first-order valence-corrected chi connectivity index (χ1v) is 9.22. The molecule has 0 radical (unpaired) electrons. The molecular formula is C16H27IN4O3S. The summed E-state index contributed by atoms with van der Waals surface area (Å²) in [7, 11) is -2.02. The van der Waals surface area contributed by atoms with Crippen molar-refractivity contribution in [1.82, 2.24) is 15.4 Å². The van der Waals surface area contributed by atoms with Crippen LogP contribution in [0.1, 0.15) is 12.5 Å². The van der Waals surface area contributed by atoms with Crippen molar-refractivity contribution in [1.29, 1.82) is 0 Å². The summed E-state index contributed by atoms with van der Waals surface area (Å²) in [5, 5.41) is 6.21. The molecule has 0 unspecified atom stereocenters. The molecule has 0 saturated carbocycles. The fourth-order valence-corrected chi connectivity index (χ4v) is 2.94. The van der Waals surface area contributed by atoms with Crippen LogP contribution in [-0.4, -0.2) is 47.7 Å². The molecule has 0 spiro atoms. The fourth-order valence-electron chi connectivity index (χ4n) is 1.85. The van der Waals surface area contributed by atoms with Gasteiger partial charge >= 0.3 is 0 Å². The number of nitrogens with zero attached hydrogens (tertiary/aromatic N) is 1. The number of benzene rings is 1. The maximum absolute atomic E-state index is 12.2. The molecule has 0 saturated heterocycles. The molecule has 3 N–H and O–H groups in total. The largest absolute Gasteiger partial charge is 0.383 e. The summed E-state index contributed by atoms with van der Waals surface area (Å²) >= 11 is 0. The molecule has 9 heteroatoms. The quantitative estimate of drug-likeness (QED) is 0.155. The Kier molecular flexibility index (Phi) is 12.5. The van der Waals surface area contributed by atoms with Gasteiger partial charge in [-0.2, -0.15) is 0 Å². The van der Waals surface area contributed by atoms with E-state index in [1.807, 2.05) is 13.0 Å². The van der Waals surface area contributed by atoms with Crippen molar-refractivity contribution in [3.8, 4) is 0 Å². The minimum atomic E-state index is -3.54. The van der Waals surface area contributed by atoms with Gasteiger partial charge in [-0.25, -0.2) is 18.1 Å². The highest BCUT2D eigenvalue weighted by atomic mass is 127. The van der Waals surface area contributed by atoms with Gasteiger partial charge in [-0.15, -0.1) is 30.6 Å². The Morgan fingerprint density at radius 2 is 2.12 bits per heavy atom. The molecule has 0 aliphatic carbocycles. The number of hydrogen-bond donors (Lipinski definition) is 3. The number of aliphatic imine (C=N–C) groups is 1.